The highest BCUT2D eigenvalue weighted by Gasteiger charge is 2.04. The summed E-state index contributed by atoms with van der Waals surface area (Å²) in [6, 6.07) is 1.81. The summed E-state index contributed by atoms with van der Waals surface area (Å²) in [4.78, 5) is 19.0. The lowest BCUT2D eigenvalue weighted by Gasteiger charge is -2.07. The number of anilines is 1. The Kier molecular flexibility index (Phi) is 4.45. The van der Waals surface area contributed by atoms with Crippen molar-refractivity contribution < 1.29 is 4.79 Å². The largest absolute Gasteiger partial charge is 0.306 e. The molecule has 82 valence electrons. The van der Waals surface area contributed by atoms with E-state index >= 15 is 0 Å². The molecule has 0 aliphatic rings. The van der Waals surface area contributed by atoms with Crippen LogP contribution in [0.4, 0.5) is 5.95 Å². The van der Waals surface area contributed by atoms with Crippen molar-refractivity contribution in [3.63, 3.8) is 0 Å². The van der Waals surface area contributed by atoms with Crippen molar-refractivity contribution >= 4 is 23.5 Å². The quantitative estimate of drug-likeness (QED) is 0.757. The van der Waals surface area contributed by atoms with Crippen molar-refractivity contribution in [2.45, 2.75) is 19.9 Å². The highest BCUT2D eigenvalue weighted by molar-refractivity contribution is 6.29. The number of rotatable bonds is 4. The number of aromatic nitrogens is 2. The second kappa shape index (κ2) is 5.63. The van der Waals surface area contributed by atoms with Crippen LogP contribution in [0.1, 0.15) is 13.8 Å². The summed E-state index contributed by atoms with van der Waals surface area (Å²) < 4.78 is 0. The van der Waals surface area contributed by atoms with E-state index in [-0.39, 0.29) is 24.4 Å². The summed E-state index contributed by atoms with van der Waals surface area (Å²) in [5, 5.41) is 5.81. The normalized spacial score (nSPS) is 10.4. The van der Waals surface area contributed by atoms with Crippen LogP contribution < -0.4 is 10.6 Å². The minimum Gasteiger partial charge on any atom is -0.306 e. The fraction of sp³-hybridized carbons (Fsp3) is 0.444. The zero-order chi connectivity index (χ0) is 11.3. The second-order valence-electron chi connectivity index (χ2n) is 3.29. The molecule has 0 saturated carbocycles. The van der Waals surface area contributed by atoms with Crippen LogP contribution in [0.2, 0.25) is 5.15 Å². The third-order valence-electron chi connectivity index (χ3n) is 1.54. The first-order valence-electron chi connectivity index (χ1n) is 4.59. The maximum absolute atomic E-state index is 11.3. The van der Waals surface area contributed by atoms with Gasteiger partial charge in [-0.05, 0) is 6.07 Å². The number of amides is 1. The van der Waals surface area contributed by atoms with E-state index in [9.17, 15) is 4.79 Å². The molecule has 15 heavy (non-hydrogen) atoms. The lowest BCUT2D eigenvalue weighted by atomic mass is 10.4. The Balaban J connectivity index is 2.44. The Bertz CT molecular complexity index is 343. The Labute approximate surface area is 93.3 Å². The summed E-state index contributed by atoms with van der Waals surface area (Å²) in [6.45, 7) is 4.15. The predicted molar refractivity (Wildman–Crippen MR) is 58.8 cm³/mol. The van der Waals surface area contributed by atoms with Crippen molar-refractivity contribution in [2.24, 2.45) is 0 Å². The smallest absolute Gasteiger partial charge is 0.240 e. The molecule has 0 atom stereocenters. The van der Waals surface area contributed by atoms with E-state index in [1.165, 1.54) is 6.20 Å². The van der Waals surface area contributed by atoms with E-state index < -0.39 is 0 Å². The average Bonchev–Trinajstić information content (AvgIpc) is 2.15. The van der Waals surface area contributed by atoms with Gasteiger partial charge in [0.25, 0.3) is 0 Å². The van der Waals surface area contributed by atoms with Gasteiger partial charge in [-0.1, -0.05) is 25.4 Å². The number of nitrogens with one attached hydrogen (secondary N) is 2. The zero-order valence-corrected chi connectivity index (χ0v) is 9.38. The molecule has 0 aromatic carbocycles. The lowest BCUT2D eigenvalue weighted by molar-refractivity contribution is -0.115. The second-order valence-corrected chi connectivity index (χ2v) is 3.67. The number of carbonyl (C=O) groups is 1. The first kappa shape index (κ1) is 11.9. The maximum Gasteiger partial charge on any atom is 0.240 e. The van der Waals surface area contributed by atoms with Crippen LogP contribution in [0.3, 0.4) is 0 Å². The molecule has 1 amide bonds. The zero-order valence-electron chi connectivity index (χ0n) is 8.62. The van der Waals surface area contributed by atoms with Gasteiger partial charge in [0.05, 0.1) is 6.54 Å². The van der Waals surface area contributed by atoms with Crippen LogP contribution >= 0.6 is 11.6 Å². The molecule has 6 heteroatoms. The molecule has 1 heterocycles. The molecule has 0 bridgehead atoms. The van der Waals surface area contributed by atoms with Crippen molar-refractivity contribution in [3.8, 4) is 0 Å². The highest BCUT2D eigenvalue weighted by Crippen LogP contribution is 2.04. The van der Waals surface area contributed by atoms with Crippen LogP contribution in [0.5, 0.6) is 0 Å². The van der Waals surface area contributed by atoms with Crippen LogP contribution in [0.25, 0.3) is 0 Å². The van der Waals surface area contributed by atoms with Gasteiger partial charge in [0.2, 0.25) is 11.9 Å². The van der Waals surface area contributed by atoms with Crippen molar-refractivity contribution in [1.82, 2.24) is 15.3 Å². The molecular formula is C9H13ClN4O. The SMILES string of the molecule is CC(C)NCC(=O)Nc1nccc(Cl)n1. The minimum atomic E-state index is -0.189. The van der Waals surface area contributed by atoms with Gasteiger partial charge in [0.1, 0.15) is 5.15 Å². The molecular weight excluding hydrogens is 216 g/mol. The Morgan fingerprint density at radius 1 is 1.60 bits per heavy atom. The van der Waals surface area contributed by atoms with Crippen molar-refractivity contribution in [1.29, 1.82) is 0 Å². The third-order valence-corrected chi connectivity index (χ3v) is 1.75. The van der Waals surface area contributed by atoms with Gasteiger partial charge in [-0.2, -0.15) is 0 Å². The van der Waals surface area contributed by atoms with Gasteiger partial charge < -0.3 is 5.32 Å². The summed E-state index contributed by atoms with van der Waals surface area (Å²) in [5.41, 5.74) is 0. The van der Waals surface area contributed by atoms with Crippen LogP contribution in [0.15, 0.2) is 12.3 Å². The van der Waals surface area contributed by atoms with E-state index in [2.05, 4.69) is 20.6 Å². The van der Waals surface area contributed by atoms with E-state index in [4.69, 9.17) is 11.6 Å². The van der Waals surface area contributed by atoms with E-state index in [0.29, 0.717) is 5.15 Å². The molecule has 1 aromatic rings. The first-order chi connectivity index (χ1) is 7.08. The maximum atomic E-state index is 11.3. The number of halogens is 1. The Hall–Kier alpha value is -1.20. The molecule has 0 radical (unpaired) electrons. The summed E-state index contributed by atoms with van der Waals surface area (Å²) >= 11 is 5.64. The standard InChI is InChI=1S/C9H13ClN4O/c1-6(2)12-5-8(15)14-9-11-4-3-7(10)13-9/h3-4,6,12H,5H2,1-2H3,(H,11,13,14,15). The molecule has 2 N–H and O–H groups in total. The monoisotopic (exact) mass is 228 g/mol. The van der Waals surface area contributed by atoms with E-state index in [0.717, 1.165) is 0 Å². The highest BCUT2D eigenvalue weighted by atomic mass is 35.5. The molecule has 5 nitrogen and oxygen atoms in total. The van der Waals surface area contributed by atoms with Gasteiger partial charge in [0.15, 0.2) is 0 Å². The van der Waals surface area contributed by atoms with Gasteiger partial charge in [-0.15, -0.1) is 0 Å². The van der Waals surface area contributed by atoms with Gasteiger partial charge >= 0.3 is 0 Å². The number of hydrogen-bond acceptors (Lipinski definition) is 4. The number of nitrogens with zero attached hydrogens (tertiary/aromatic N) is 2. The average molecular weight is 229 g/mol. The fourth-order valence-electron chi connectivity index (χ4n) is 0.863. The van der Waals surface area contributed by atoms with Gasteiger partial charge in [-0.3, -0.25) is 10.1 Å². The van der Waals surface area contributed by atoms with Crippen molar-refractivity contribution in [2.75, 3.05) is 11.9 Å². The van der Waals surface area contributed by atoms with E-state index in [1.807, 2.05) is 13.8 Å². The predicted octanol–water partition coefficient (Wildman–Crippen LogP) is 1.07. The van der Waals surface area contributed by atoms with Crippen LogP contribution in [-0.4, -0.2) is 28.5 Å². The Morgan fingerprint density at radius 3 is 2.93 bits per heavy atom. The molecule has 0 saturated heterocycles. The molecule has 1 aromatic heterocycles. The summed E-state index contributed by atoms with van der Waals surface area (Å²) in [7, 11) is 0. The van der Waals surface area contributed by atoms with Crippen molar-refractivity contribution in [3.05, 3.63) is 17.4 Å². The minimum absolute atomic E-state index is 0.189. The fourth-order valence-corrected chi connectivity index (χ4v) is 0.999. The van der Waals surface area contributed by atoms with Gasteiger partial charge in [-0.25, -0.2) is 9.97 Å². The molecule has 0 aliphatic carbocycles. The molecule has 1 rings (SSSR count). The lowest BCUT2D eigenvalue weighted by Crippen LogP contribution is -2.33. The topological polar surface area (TPSA) is 66.9 Å². The third kappa shape index (κ3) is 4.71. The van der Waals surface area contributed by atoms with Crippen LogP contribution in [-0.2, 0) is 4.79 Å². The Morgan fingerprint density at radius 2 is 2.33 bits per heavy atom. The number of hydrogen-bond donors (Lipinski definition) is 2. The summed E-state index contributed by atoms with van der Waals surface area (Å²) in [5.74, 6) is 0.0315. The molecule has 0 fully saturated rings. The first-order valence-corrected chi connectivity index (χ1v) is 4.97. The van der Waals surface area contributed by atoms with E-state index in [1.54, 1.807) is 6.07 Å². The molecule has 0 unspecified atom stereocenters. The number of carbonyl (C=O) groups excluding carboxylic acids is 1. The molecule has 0 aliphatic heterocycles. The summed E-state index contributed by atoms with van der Waals surface area (Å²) in [6.07, 6.45) is 1.49. The van der Waals surface area contributed by atoms with Gasteiger partial charge in [0, 0.05) is 12.2 Å². The van der Waals surface area contributed by atoms with Crippen LogP contribution in [0, 0.1) is 0 Å². The molecule has 0 spiro atoms.